The van der Waals surface area contributed by atoms with Gasteiger partial charge >= 0.3 is 11.9 Å². The Kier molecular flexibility index (Phi) is 6.03. The summed E-state index contributed by atoms with van der Waals surface area (Å²) in [7, 11) is 0. The highest BCUT2D eigenvalue weighted by Crippen LogP contribution is 2.13. The lowest BCUT2D eigenvalue weighted by Crippen LogP contribution is -2.49. The Balaban J connectivity index is 4.65. The van der Waals surface area contributed by atoms with Crippen molar-refractivity contribution in [3.8, 4) is 12.3 Å². The Morgan fingerprint density at radius 3 is 2.33 bits per heavy atom. The summed E-state index contributed by atoms with van der Waals surface area (Å²) in [6, 6.07) is 0. The summed E-state index contributed by atoms with van der Waals surface area (Å²) in [6.07, 6.45) is 3.52. The first-order valence-electron chi connectivity index (χ1n) is 5.13. The van der Waals surface area contributed by atoms with Crippen LogP contribution in [0.4, 0.5) is 8.78 Å². The molecule has 6 heteroatoms. The first-order chi connectivity index (χ1) is 8.20. The van der Waals surface area contributed by atoms with Crippen LogP contribution in [0.15, 0.2) is 12.2 Å². The molecule has 0 radical (unpaired) electrons. The number of terminal acetylenes is 1. The van der Waals surface area contributed by atoms with Gasteiger partial charge in [0, 0.05) is 11.6 Å². The quantitative estimate of drug-likeness (QED) is 0.439. The van der Waals surface area contributed by atoms with Gasteiger partial charge in [0.25, 0.3) is 6.08 Å². The highest BCUT2D eigenvalue weighted by atomic mass is 19.3. The van der Waals surface area contributed by atoms with Crippen LogP contribution in [0.1, 0.15) is 20.8 Å². The Hall–Kier alpha value is -1.90. The van der Waals surface area contributed by atoms with Crippen molar-refractivity contribution in [1.82, 2.24) is 4.90 Å². The Morgan fingerprint density at radius 1 is 1.39 bits per heavy atom. The van der Waals surface area contributed by atoms with Crippen molar-refractivity contribution in [1.29, 1.82) is 0 Å². The zero-order valence-corrected chi connectivity index (χ0v) is 10.5. The minimum Gasteiger partial charge on any atom is -0.454 e. The summed E-state index contributed by atoms with van der Waals surface area (Å²) >= 11 is 0. The average molecular weight is 259 g/mol. The van der Waals surface area contributed by atoms with Crippen LogP contribution in [0.5, 0.6) is 0 Å². The van der Waals surface area contributed by atoms with Gasteiger partial charge in [0.15, 0.2) is 0 Å². The summed E-state index contributed by atoms with van der Waals surface area (Å²) in [5, 5.41) is 0. The van der Waals surface area contributed by atoms with Gasteiger partial charge in [0.1, 0.15) is 6.61 Å². The van der Waals surface area contributed by atoms with Crippen molar-refractivity contribution >= 4 is 11.9 Å². The molecule has 0 unspecified atom stereocenters. The second-order valence-electron chi connectivity index (χ2n) is 4.36. The molecule has 0 heterocycles. The number of halogens is 2. The lowest BCUT2D eigenvalue weighted by atomic mass is 10.1. The van der Waals surface area contributed by atoms with Crippen LogP contribution < -0.4 is 0 Å². The lowest BCUT2D eigenvalue weighted by Gasteiger charge is -2.33. The van der Waals surface area contributed by atoms with E-state index < -0.39 is 30.1 Å². The topological polar surface area (TPSA) is 46.6 Å². The number of hydrogen-bond acceptors (Lipinski definition) is 3. The number of hydrogen-bond donors (Lipinski definition) is 0. The lowest BCUT2D eigenvalue weighted by molar-refractivity contribution is -0.161. The molecule has 0 N–H and O–H groups in total. The number of carbonyl (C=O) groups excluding carboxylic acids is 2. The summed E-state index contributed by atoms with van der Waals surface area (Å²) in [5.74, 6) is 0.0885. The highest BCUT2D eigenvalue weighted by Gasteiger charge is 2.31. The van der Waals surface area contributed by atoms with Crippen LogP contribution in [-0.4, -0.2) is 35.5 Å². The van der Waals surface area contributed by atoms with E-state index in [9.17, 15) is 18.4 Å². The summed E-state index contributed by atoms with van der Waals surface area (Å²) in [4.78, 5) is 24.2. The van der Waals surface area contributed by atoms with Crippen molar-refractivity contribution in [2.45, 2.75) is 26.3 Å². The Labute approximate surface area is 105 Å². The molecular weight excluding hydrogens is 244 g/mol. The molecule has 100 valence electrons. The smallest absolute Gasteiger partial charge is 0.397 e. The summed E-state index contributed by atoms with van der Waals surface area (Å²) in [5.41, 5.74) is -0.663. The summed E-state index contributed by atoms with van der Waals surface area (Å²) in [6.45, 7) is 4.36. The van der Waals surface area contributed by atoms with Crippen LogP contribution in [0.3, 0.4) is 0 Å². The van der Waals surface area contributed by atoms with Crippen molar-refractivity contribution in [2.24, 2.45) is 0 Å². The number of rotatable bonds is 3. The second-order valence-corrected chi connectivity index (χ2v) is 4.36. The van der Waals surface area contributed by atoms with Crippen molar-refractivity contribution in [2.75, 3.05) is 13.2 Å². The molecule has 0 rings (SSSR count). The monoisotopic (exact) mass is 259 g/mol. The third-order valence-electron chi connectivity index (χ3n) is 1.93. The zero-order valence-electron chi connectivity index (χ0n) is 10.5. The maximum atomic E-state index is 11.7. The third-order valence-corrected chi connectivity index (χ3v) is 1.93. The van der Waals surface area contributed by atoms with Gasteiger partial charge in [-0.25, -0.2) is 4.79 Å². The molecule has 0 aliphatic carbocycles. The Morgan fingerprint density at radius 2 is 1.94 bits per heavy atom. The minimum atomic E-state index is -1.98. The predicted molar refractivity (Wildman–Crippen MR) is 61.6 cm³/mol. The number of amides is 1. The molecule has 0 aliphatic rings. The molecule has 0 spiro atoms. The zero-order chi connectivity index (χ0) is 14.3. The van der Waals surface area contributed by atoms with E-state index in [1.807, 2.05) is 0 Å². The molecule has 0 aliphatic heterocycles. The van der Waals surface area contributed by atoms with Crippen molar-refractivity contribution in [3.63, 3.8) is 0 Å². The molecule has 0 aromatic heterocycles. The minimum absolute atomic E-state index is 0.0647. The van der Waals surface area contributed by atoms with Gasteiger partial charge in [-0.15, -0.1) is 6.42 Å². The summed E-state index contributed by atoms with van der Waals surface area (Å²) < 4.78 is 27.8. The van der Waals surface area contributed by atoms with E-state index >= 15 is 0 Å². The van der Waals surface area contributed by atoms with Crippen LogP contribution in [-0.2, 0) is 14.3 Å². The molecule has 0 bridgehead atoms. The second kappa shape index (κ2) is 6.74. The molecule has 4 nitrogen and oxygen atoms in total. The van der Waals surface area contributed by atoms with Gasteiger partial charge in [-0.05, 0) is 20.8 Å². The van der Waals surface area contributed by atoms with Crippen LogP contribution in [0.25, 0.3) is 0 Å². The van der Waals surface area contributed by atoms with Crippen LogP contribution >= 0.6 is 0 Å². The molecule has 0 aromatic carbocycles. The van der Waals surface area contributed by atoms with Crippen LogP contribution in [0.2, 0.25) is 0 Å². The van der Waals surface area contributed by atoms with Crippen molar-refractivity contribution in [3.05, 3.63) is 12.2 Å². The van der Waals surface area contributed by atoms with Gasteiger partial charge in [-0.3, -0.25) is 4.79 Å². The van der Waals surface area contributed by atoms with E-state index in [2.05, 4.69) is 10.7 Å². The molecule has 0 aromatic rings. The molecule has 0 saturated carbocycles. The maximum absolute atomic E-state index is 11.7. The fourth-order valence-corrected chi connectivity index (χ4v) is 1.06. The number of esters is 1. The van der Waals surface area contributed by atoms with Gasteiger partial charge in [0.2, 0.25) is 0 Å². The first kappa shape index (κ1) is 16.1. The van der Waals surface area contributed by atoms with Gasteiger partial charge in [0.05, 0.1) is 6.54 Å². The Bertz CT molecular complexity index is 387. The van der Waals surface area contributed by atoms with Crippen molar-refractivity contribution < 1.29 is 23.1 Å². The maximum Gasteiger partial charge on any atom is 0.397 e. The standard InChI is InChI=1S/C12H15F2NO3/c1-5-7-15(12(2,3)4)10(16)11(17)18-8-6-9(13)14/h1,6H,7-8H2,2-4H3. The molecule has 18 heavy (non-hydrogen) atoms. The van der Waals surface area contributed by atoms with E-state index in [0.717, 1.165) is 4.90 Å². The van der Waals surface area contributed by atoms with E-state index in [0.29, 0.717) is 6.08 Å². The van der Waals surface area contributed by atoms with E-state index in [1.54, 1.807) is 20.8 Å². The third kappa shape index (κ3) is 5.43. The number of carbonyl (C=O) groups is 2. The predicted octanol–water partition coefficient (Wildman–Crippen LogP) is 1.57. The largest absolute Gasteiger partial charge is 0.454 e. The molecule has 0 atom stereocenters. The van der Waals surface area contributed by atoms with E-state index in [4.69, 9.17) is 6.42 Å². The fraction of sp³-hybridized carbons (Fsp3) is 0.500. The molecule has 0 fully saturated rings. The normalized spacial score (nSPS) is 10.2. The average Bonchev–Trinajstić information content (AvgIpc) is 2.22. The van der Waals surface area contributed by atoms with Crippen LogP contribution in [0, 0.1) is 12.3 Å². The first-order valence-corrected chi connectivity index (χ1v) is 5.13. The van der Waals surface area contributed by atoms with E-state index in [-0.39, 0.29) is 6.54 Å². The number of nitrogens with zero attached hydrogens (tertiary/aromatic N) is 1. The van der Waals surface area contributed by atoms with Gasteiger partial charge in [-0.2, -0.15) is 8.78 Å². The SMILES string of the molecule is C#CCN(C(=O)C(=O)OCC=C(F)F)C(C)(C)C. The molecule has 1 amide bonds. The molecule has 0 saturated heterocycles. The van der Waals surface area contributed by atoms with Gasteiger partial charge < -0.3 is 9.64 Å². The molecular formula is C12H15F2NO3. The fourth-order valence-electron chi connectivity index (χ4n) is 1.06. The van der Waals surface area contributed by atoms with Gasteiger partial charge in [-0.1, -0.05) is 5.92 Å². The number of ether oxygens (including phenoxy) is 1. The highest BCUT2D eigenvalue weighted by molar-refractivity contribution is 6.32. The van der Waals surface area contributed by atoms with E-state index in [1.165, 1.54) is 0 Å².